The van der Waals surface area contributed by atoms with Gasteiger partial charge in [0.25, 0.3) is 5.89 Å². The molecule has 0 spiro atoms. The molecule has 5 nitrogen and oxygen atoms in total. The molecule has 0 radical (unpaired) electrons. The maximum atomic E-state index is 13.3. The number of hydrogen-bond acceptors (Lipinski definition) is 5. The van der Waals surface area contributed by atoms with Gasteiger partial charge in [0, 0.05) is 6.20 Å². The second kappa shape index (κ2) is 4.80. The molecule has 0 saturated carbocycles. The van der Waals surface area contributed by atoms with E-state index in [9.17, 15) is 4.39 Å². The van der Waals surface area contributed by atoms with Crippen LogP contribution in [-0.4, -0.2) is 21.7 Å². The second-order valence-corrected chi connectivity index (χ2v) is 3.15. The maximum Gasteiger partial charge on any atom is 0.261 e. The Hall–Kier alpha value is -1.82. The Bertz CT molecular complexity index is 471. The van der Waals surface area contributed by atoms with Gasteiger partial charge in [0.2, 0.25) is 0 Å². The smallest absolute Gasteiger partial charge is 0.261 e. The zero-order valence-corrected chi connectivity index (χ0v) is 8.77. The van der Waals surface area contributed by atoms with Crippen molar-refractivity contribution in [1.82, 2.24) is 20.4 Å². The van der Waals surface area contributed by atoms with Gasteiger partial charge in [-0.15, -0.1) is 0 Å². The van der Waals surface area contributed by atoms with Crippen molar-refractivity contribution in [2.75, 3.05) is 6.54 Å². The van der Waals surface area contributed by atoms with Gasteiger partial charge >= 0.3 is 0 Å². The zero-order chi connectivity index (χ0) is 11.4. The van der Waals surface area contributed by atoms with Crippen molar-refractivity contribution in [1.29, 1.82) is 0 Å². The minimum Gasteiger partial charge on any atom is -0.334 e. The van der Waals surface area contributed by atoms with Crippen molar-refractivity contribution < 1.29 is 8.91 Å². The summed E-state index contributed by atoms with van der Waals surface area (Å²) in [6.45, 7) is 3.30. The average Bonchev–Trinajstić information content (AvgIpc) is 2.75. The Morgan fingerprint density at radius 1 is 1.50 bits per heavy atom. The number of aromatic nitrogens is 3. The van der Waals surface area contributed by atoms with Crippen LogP contribution in [0.15, 0.2) is 23.0 Å². The summed E-state index contributed by atoms with van der Waals surface area (Å²) in [4.78, 5) is 7.72. The fraction of sp³-hybridized carbons (Fsp3) is 0.300. The third-order valence-electron chi connectivity index (χ3n) is 2.00. The standard InChI is InChI=1S/C10H11FN4O/c1-2-12-6-9-14-10(16-15-9)7-3-4-13-5-8(7)11/h3-5,12H,2,6H2,1H3. The fourth-order valence-corrected chi connectivity index (χ4v) is 1.22. The molecule has 0 fully saturated rings. The highest BCUT2D eigenvalue weighted by atomic mass is 19.1. The molecule has 2 heterocycles. The highest BCUT2D eigenvalue weighted by molar-refractivity contribution is 5.52. The number of nitrogens with one attached hydrogen (secondary N) is 1. The van der Waals surface area contributed by atoms with Crippen molar-refractivity contribution in [2.24, 2.45) is 0 Å². The van der Waals surface area contributed by atoms with E-state index in [0.717, 1.165) is 12.7 Å². The lowest BCUT2D eigenvalue weighted by Crippen LogP contribution is -2.12. The monoisotopic (exact) mass is 222 g/mol. The van der Waals surface area contributed by atoms with Crippen LogP contribution in [0.3, 0.4) is 0 Å². The normalized spacial score (nSPS) is 10.6. The van der Waals surface area contributed by atoms with Crippen molar-refractivity contribution in [3.63, 3.8) is 0 Å². The van der Waals surface area contributed by atoms with Crippen LogP contribution >= 0.6 is 0 Å². The lowest BCUT2D eigenvalue weighted by molar-refractivity contribution is 0.417. The average molecular weight is 222 g/mol. The predicted molar refractivity (Wildman–Crippen MR) is 54.9 cm³/mol. The summed E-state index contributed by atoms with van der Waals surface area (Å²) < 4.78 is 18.3. The maximum absolute atomic E-state index is 13.3. The first kappa shape index (κ1) is 10.7. The summed E-state index contributed by atoms with van der Waals surface area (Å²) in [6.07, 6.45) is 2.59. The molecule has 0 atom stereocenters. The second-order valence-electron chi connectivity index (χ2n) is 3.15. The molecule has 2 aromatic rings. The number of rotatable bonds is 4. The van der Waals surface area contributed by atoms with Crippen molar-refractivity contribution in [2.45, 2.75) is 13.5 Å². The summed E-state index contributed by atoms with van der Waals surface area (Å²) in [7, 11) is 0. The molecule has 6 heteroatoms. The van der Waals surface area contributed by atoms with Gasteiger partial charge in [-0.2, -0.15) is 4.98 Å². The molecule has 0 amide bonds. The largest absolute Gasteiger partial charge is 0.334 e. The SMILES string of the molecule is CCNCc1noc(-c2ccncc2F)n1. The molecule has 0 aliphatic heterocycles. The van der Waals surface area contributed by atoms with E-state index in [1.807, 2.05) is 6.92 Å². The van der Waals surface area contributed by atoms with Crippen LogP contribution in [0.2, 0.25) is 0 Å². The van der Waals surface area contributed by atoms with E-state index in [1.165, 1.54) is 12.3 Å². The summed E-state index contributed by atoms with van der Waals surface area (Å²) in [6, 6.07) is 1.50. The van der Waals surface area contributed by atoms with Crippen molar-refractivity contribution >= 4 is 0 Å². The van der Waals surface area contributed by atoms with Crippen molar-refractivity contribution in [3.8, 4) is 11.5 Å². The van der Waals surface area contributed by atoms with Crippen LogP contribution in [0.1, 0.15) is 12.7 Å². The van der Waals surface area contributed by atoms with Crippen molar-refractivity contribution in [3.05, 3.63) is 30.1 Å². The molecular formula is C10H11FN4O. The van der Waals surface area contributed by atoms with E-state index >= 15 is 0 Å². The fourth-order valence-electron chi connectivity index (χ4n) is 1.22. The summed E-state index contributed by atoms with van der Waals surface area (Å²) in [5, 5.41) is 6.79. The van der Waals surface area contributed by atoms with Gasteiger partial charge in [-0.3, -0.25) is 4.98 Å². The van der Waals surface area contributed by atoms with Crippen LogP contribution in [0.4, 0.5) is 4.39 Å². The van der Waals surface area contributed by atoms with E-state index in [0.29, 0.717) is 12.4 Å². The molecule has 1 N–H and O–H groups in total. The first-order valence-electron chi connectivity index (χ1n) is 4.94. The first-order valence-corrected chi connectivity index (χ1v) is 4.94. The summed E-state index contributed by atoms with van der Waals surface area (Å²) in [5.41, 5.74) is 0.269. The van der Waals surface area contributed by atoms with Crippen LogP contribution in [0, 0.1) is 5.82 Å². The van der Waals surface area contributed by atoms with E-state index in [-0.39, 0.29) is 11.5 Å². The molecule has 16 heavy (non-hydrogen) atoms. The van der Waals surface area contributed by atoms with Gasteiger partial charge in [-0.25, -0.2) is 4.39 Å². The molecule has 0 unspecified atom stereocenters. The third-order valence-corrected chi connectivity index (χ3v) is 2.00. The van der Waals surface area contributed by atoms with E-state index in [2.05, 4.69) is 20.4 Å². The van der Waals surface area contributed by atoms with E-state index < -0.39 is 5.82 Å². The molecule has 0 saturated heterocycles. The van der Waals surface area contributed by atoms with E-state index in [4.69, 9.17) is 4.52 Å². The predicted octanol–water partition coefficient (Wildman–Crippen LogP) is 1.38. The molecule has 0 aliphatic rings. The van der Waals surface area contributed by atoms with Gasteiger partial charge in [0.05, 0.1) is 18.3 Å². The van der Waals surface area contributed by atoms with E-state index in [1.54, 1.807) is 0 Å². The van der Waals surface area contributed by atoms with Gasteiger partial charge in [-0.1, -0.05) is 12.1 Å². The number of nitrogens with zero attached hydrogens (tertiary/aromatic N) is 3. The molecule has 0 aromatic carbocycles. The molecule has 2 rings (SSSR count). The van der Waals surface area contributed by atoms with Crippen LogP contribution in [0.25, 0.3) is 11.5 Å². The Labute approximate surface area is 91.7 Å². The highest BCUT2D eigenvalue weighted by Crippen LogP contribution is 2.19. The molecule has 0 bridgehead atoms. The van der Waals surface area contributed by atoms with Crippen LogP contribution in [0.5, 0.6) is 0 Å². The molecule has 2 aromatic heterocycles. The molecule has 0 aliphatic carbocycles. The lowest BCUT2D eigenvalue weighted by Gasteiger charge is -1.94. The number of hydrogen-bond donors (Lipinski definition) is 1. The Balaban J connectivity index is 2.22. The Morgan fingerprint density at radius 3 is 3.12 bits per heavy atom. The topological polar surface area (TPSA) is 63.8 Å². The molecule has 84 valence electrons. The first-order chi connectivity index (χ1) is 7.81. The van der Waals surface area contributed by atoms with Gasteiger partial charge < -0.3 is 9.84 Å². The highest BCUT2D eigenvalue weighted by Gasteiger charge is 2.12. The Morgan fingerprint density at radius 2 is 2.38 bits per heavy atom. The Kier molecular flexibility index (Phi) is 3.21. The number of pyridine rings is 1. The number of halogens is 1. The quantitative estimate of drug-likeness (QED) is 0.846. The van der Waals surface area contributed by atoms with Gasteiger partial charge in [0.15, 0.2) is 11.6 Å². The lowest BCUT2D eigenvalue weighted by atomic mass is 10.2. The zero-order valence-electron chi connectivity index (χ0n) is 8.77. The minimum atomic E-state index is -0.471. The summed E-state index contributed by atoms with van der Waals surface area (Å²) in [5.74, 6) is 0.210. The van der Waals surface area contributed by atoms with Gasteiger partial charge in [-0.05, 0) is 12.6 Å². The minimum absolute atomic E-state index is 0.174. The third kappa shape index (κ3) is 2.22. The molecular weight excluding hydrogens is 211 g/mol. The van der Waals surface area contributed by atoms with Gasteiger partial charge in [0.1, 0.15) is 0 Å². The summed E-state index contributed by atoms with van der Waals surface area (Å²) >= 11 is 0. The van der Waals surface area contributed by atoms with Crippen LogP contribution < -0.4 is 5.32 Å². The van der Waals surface area contributed by atoms with Crippen LogP contribution in [-0.2, 0) is 6.54 Å².